The lowest BCUT2D eigenvalue weighted by Gasteiger charge is -2.34. The summed E-state index contributed by atoms with van der Waals surface area (Å²) in [5.41, 5.74) is 4.85. The van der Waals surface area contributed by atoms with E-state index in [1.165, 1.54) is 17.7 Å². The monoisotopic (exact) mass is 405 g/mol. The zero-order valence-electron chi connectivity index (χ0n) is 17.6. The molecule has 1 aliphatic rings. The minimum Gasteiger partial charge on any atom is -0.318 e. The summed E-state index contributed by atoms with van der Waals surface area (Å²) in [4.78, 5) is 17.7. The van der Waals surface area contributed by atoms with Gasteiger partial charge in [0, 0.05) is 55.4 Å². The maximum absolute atomic E-state index is 13.3. The third-order valence-electron chi connectivity index (χ3n) is 5.90. The van der Waals surface area contributed by atoms with Crippen LogP contribution in [0.15, 0.2) is 60.7 Å². The third kappa shape index (κ3) is 4.53. The fraction of sp³-hybridized carbons (Fsp3) is 0.320. The molecule has 1 aliphatic heterocycles. The summed E-state index contributed by atoms with van der Waals surface area (Å²) in [5.74, 6) is -0.114. The molecule has 1 aromatic heterocycles. The van der Waals surface area contributed by atoms with Gasteiger partial charge in [-0.2, -0.15) is 0 Å². The van der Waals surface area contributed by atoms with Crippen molar-refractivity contribution in [2.45, 2.75) is 20.4 Å². The SMILES string of the molecule is Cc1cc(C(=O)CN2CCN(Cc3ccccc3)CC2)c(C)n1-c1ccc(F)cc1. The van der Waals surface area contributed by atoms with Gasteiger partial charge >= 0.3 is 0 Å². The van der Waals surface area contributed by atoms with Gasteiger partial charge in [-0.05, 0) is 49.7 Å². The molecular weight excluding hydrogens is 377 g/mol. The lowest BCUT2D eigenvalue weighted by molar-refractivity contribution is 0.0843. The average Bonchev–Trinajstić information content (AvgIpc) is 3.05. The van der Waals surface area contributed by atoms with Gasteiger partial charge in [-0.25, -0.2) is 4.39 Å². The van der Waals surface area contributed by atoms with Crippen molar-refractivity contribution in [2.24, 2.45) is 0 Å². The molecule has 2 aromatic carbocycles. The van der Waals surface area contributed by atoms with Crippen LogP contribution in [0.5, 0.6) is 0 Å². The fourth-order valence-corrected chi connectivity index (χ4v) is 4.27. The second kappa shape index (κ2) is 8.94. The third-order valence-corrected chi connectivity index (χ3v) is 5.90. The molecule has 0 N–H and O–H groups in total. The Hall–Kier alpha value is -2.76. The molecule has 2 heterocycles. The maximum atomic E-state index is 13.3. The number of nitrogens with zero attached hydrogens (tertiary/aromatic N) is 3. The zero-order chi connectivity index (χ0) is 21.1. The highest BCUT2D eigenvalue weighted by Gasteiger charge is 2.22. The molecule has 30 heavy (non-hydrogen) atoms. The van der Waals surface area contributed by atoms with Crippen molar-refractivity contribution in [1.29, 1.82) is 0 Å². The molecule has 1 saturated heterocycles. The summed E-state index contributed by atoms with van der Waals surface area (Å²) < 4.78 is 15.3. The van der Waals surface area contributed by atoms with Crippen LogP contribution in [0.25, 0.3) is 5.69 Å². The number of aryl methyl sites for hydroxylation is 1. The second-order valence-corrected chi connectivity index (χ2v) is 8.06. The smallest absolute Gasteiger partial charge is 0.178 e. The molecule has 4 nitrogen and oxygen atoms in total. The van der Waals surface area contributed by atoms with Crippen molar-refractivity contribution in [3.63, 3.8) is 0 Å². The predicted octanol–water partition coefficient (Wildman–Crippen LogP) is 4.23. The van der Waals surface area contributed by atoms with Gasteiger partial charge in [-0.15, -0.1) is 0 Å². The van der Waals surface area contributed by atoms with Crippen molar-refractivity contribution in [3.05, 3.63) is 89.0 Å². The van der Waals surface area contributed by atoms with Crippen LogP contribution in [-0.2, 0) is 6.54 Å². The zero-order valence-corrected chi connectivity index (χ0v) is 17.6. The lowest BCUT2D eigenvalue weighted by Crippen LogP contribution is -2.47. The van der Waals surface area contributed by atoms with Gasteiger partial charge in [-0.1, -0.05) is 30.3 Å². The Bertz CT molecular complexity index is 1000. The molecule has 3 aromatic rings. The summed E-state index contributed by atoms with van der Waals surface area (Å²) in [6.07, 6.45) is 0. The quantitative estimate of drug-likeness (QED) is 0.575. The molecule has 0 bridgehead atoms. The van der Waals surface area contributed by atoms with E-state index in [9.17, 15) is 9.18 Å². The normalized spacial score (nSPS) is 15.4. The van der Waals surface area contributed by atoms with E-state index in [4.69, 9.17) is 0 Å². The molecule has 0 atom stereocenters. The van der Waals surface area contributed by atoms with Crippen LogP contribution < -0.4 is 0 Å². The van der Waals surface area contributed by atoms with Crippen molar-refractivity contribution in [2.75, 3.05) is 32.7 Å². The average molecular weight is 406 g/mol. The summed E-state index contributed by atoms with van der Waals surface area (Å²) in [7, 11) is 0. The molecule has 0 aliphatic carbocycles. The van der Waals surface area contributed by atoms with Crippen LogP contribution in [-0.4, -0.2) is 52.9 Å². The minimum absolute atomic E-state index is 0.146. The van der Waals surface area contributed by atoms with Gasteiger partial charge in [-0.3, -0.25) is 14.6 Å². The van der Waals surface area contributed by atoms with Crippen LogP contribution in [0.1, 0.15) is 27.3 Å². The number of hydrogen-bond acceptors (Lipinski definition) is 3. The molecular formula is C25H28FN3O. The number of piperazine rings is 1. The number of benzene rings is 2. The highest BCUT2D eigenvalue weighted by molar-refractivity contribution is 5.99. The van der Waals surface area contributed by atoms with Crippen LogP contribution in [0.2, 0.25) is 0 Å². The van der Waals surface area contributed by atoms with Gasteiger partial charge in [0.25, 0.3) is 0 Å². The largest absolute Gasteiger partial charge is 0.318 e. The maximum Gasteiger partial charge on any atom is 0.178 e. The standard InChI is InChI=1S/C25H28FN3O/c1-19-16-24(20(2)29(19)23-10-8-22(26)9-11-23)25(30)18-28-14-12-27(13-15-28)17-21-6-4-3-5-7-21/h3-11,16H,12-15,17-18H2,1-2H3. The highest BCUT2D eigenvalue weighted by atomic mass is 19.1. The minimum atomic E-state index is -0.260. The fourth-order valence-electron chi connectivity index (χ4n) is 4.27. The first-order chi connectivity index (χ1) is 14.5. The molecule has 5 heteroatoms. The Morgan fingerprint density at radius 2 is 1.53 bits per heavy atom. The number of carbonyl (C=O) groups excluding carboxylic acids is 1. The van der Waals surface area contributed by atoms with Gasteiger partial charge in [0.2, 0.25) is 0 Å². The van der Waals surface area contributed by atoms with Crippen molar-refractivity contribution in [1.82, 2.24) is 14.4 Å². The molecule has 156 valence electrons. The lowest BCUT2D eigenvalue weighted by atomic mass is 10.1. The van der Waals surface area contributed by atoms with Crippen LogP contribution in [0.4, 0.5) is 4.39 Å². The number of Topliss-reactive ketones (excluding diaryl/α,β-unsaturated/α-hetero) is 1. The van der Waals surface area contributed by atoms with Crippen LogP contribution in [0, 0.1) is 19.7 Å². The highest BCUT2D eigenvalue weighted by Crippen LogP contribution is 2.22. The number of rotatable bonds is 6. The first-order valence-corrected chi connectivity index (χ1v) is 10.5. The van der Waals surface area contributed by atoms with E-state index < -0.39 is 0 Å². The van der Waals surface area contributed by atoms with Crippen molar-refractivity contribution >= 4 is 5.78 Å². The Balaban J connectivity index is 1.38. The number of carbonyl (C=O) groups is 1. The van der Waals surface area contributed by atoms with Crippen molar-refractivity contribution in [3.8, 4) is 5.69 Å². The van der Waals surface area contributed by atoms with E-state index in [0.717, 1.165) is 55.4 Å². The van der Waals surface area contributed by atoms with E-state index in [-0.39, 0.29) is 11.6 Å². The van der Waals surface area contributed by atoms with Gasteiger partial charge in [0.15, 0.2) is 5.78 Å². The number of hydrogen-bond donors (Lipinski definition) is 0. The Morgan fingerprint density at radius 3 is 2.20 bits per heavy atom. The van der Waals surface area contributed by atoms with Crippen LogP contribution >= 0.6 is 0 Å². The van der Waals surface area contributed by atoms with E-state index in [1.54, 1.807) is 12.1 Å². The molecule has 1 fully saturated rings. The van der Waals surface area contributed by atoms with Crippen molar-refractivity contribution < 1.29 is 9.18 Å². The van der Waals surface area contributed by atoms with Crippen LogP contribution in [0.3, 0.4) is 0 Å². The van der Waals surface area contributed by atoms with E-state index >= 15 is 0 Å². The molecule has 0 spiro atoms. The first kappa shape index (κ1) is 20.5. The molecule has 0 saturated carbocycles. The summed E-state index contributed by atoms with van der Waals surface area (Å²) >= 11 is 0. The van der Waals surface area contributed by atoms with E-state index in [2.05, 4.69) is 34.1 Å². The van der Waals surface area contributed by atoms with Gasteiger partial charge in [0.05, 0.1) is 6.54 Å². The molecule has 0 amide bonds. The second-order valence-electron chi connectivity index (χ2n) is 8.06. The summed E-state index contributed by atoms with van der Waals surface area (Å²) in [6.45, 7) is 9.07. The molecule has 0 radical (unpaired) electrons. The first-order valence-electron chi connectivity index (χ1n) is 10.5. The number of halogens is 1. The summed E-state index contributed by atoms with van der Waals surface area (Å²) in [6, 6.07) is 18.9. The van der Waals surface area contributed by atoms with E-state index in [0.29, 0.717) is 6.54 Å². The molecule has 4 rings (SSSR count). The van der Waals surface area contributed by atoms with Gasteiger partial charge in [0.1, 0.15) is 5.82 Å². The van der Waals surface area contributed by atoms with Gasteiger partial charge < -0.3 is 4.57 Å². The number of ketones is 1. The summed E-state index contributed by atoms with van der Waals surface area (Å²) in [5, 5.41) is 0. The number of aromatic nitrogens is 1. The Labute approximate surface area is 177 Å². The topological polar surface area (TPSA) is 28.5 Å². The Kier molecular flexibility index (Phi) is 6.11. The predicted molar refractivity (Wildman–Crippen MR) is 118 cm³/mol. The molecule has 0 unspecified atom stereocenters. The van der Waals surface area contributed by atoms with E-state index in [1.807, 2.05) is 30.5 Å². The Morgan fingerprint density at radius 1 is 0.900 bits per heavy atom.